The number of aromatic nitrogens is 5. The highest BCUT2D eigenvalue weighted by molar-refractivity contribution is 6.29. The van der Waals surface area contributed by atoms with Crippen molar-refractivity contribution in [2.75, 3.05) is 5.32 Å². The highest BCUT2D eigenvalue weighted by Crippen LogP contribution is 2.08. The fourth-order valence-corrected chi connectivity index (χ4v) is 1.14. The van der Waals surface area contributed by atoms with Crippen molar-refractivity contribution < 1.29 is 0 Å². The number of rotatable bonds is 3. The van der Waals surface area contributed by atoms with Crippen LogP contribution in [0, 0.1) is 0 Å². The molecule has 0 bridgehead atoms. The van der Waals surface area contributed by atoms with Gasteiger partial charge in [-0.05, 0) is 0 Å². The van der Waals surface area contributed by atoms with Gasteiger partial charge in [0.1, 0.15) is 23.1 Å². The monoisotopic (exact) mass is 226 g/mol. The standard InChI is InChI=1S/C7H7ClN6O/c8-4-1-5(11-3-10-4)9-2-6-12-7(15)14-13-6/h1,3H,2H2,(H,9,10,11)(H2,12,13,14,15). The second-order valence-corrected chi connectivity index (χ2v) is 3.09. The lowest BCUT2D eigenvalue weighted by Crippen LogP contribution is -2.05. The van der Waals surface area contributed by atoms with Crippen LogP contribution >= 0.6 is 11.6 Å². The van der Waals surface area contributed by atoms with Gasteiger partial charge < -0.3 is 5.32 Å². The van der Waals surface area contributed by atoms with E-state index in [2.05, 4.69) is 30.5 Å². The van der Waals surface area contributed by atoms with E-state index in [1.807, 2.05) is 0 Å². The number of anilines is 1. The van der Waals surface area contributed by atoms with E-state index in [-0.39, 0.29) is 5.69 Å². The molecule has 2 aromatic rings. The van der Waals surface area contributed by atoms with E-state index in [0.717, 1.165) is 0 Å². The molecule has 0 aliphatic heterocycles. The van der Waals surface area contributed by atoms with Gasteiger partial charge in [0.05, 0.1) is 6.54 Å². The fraction of sp³-hybridized carbons (Fsp3) is 0.143. The maximum atomic E-state index is 10.7. The summed E-state index contributed by atoms with van der Waals surface area (Å²) >= 11 is 5.66. The summed E-state index contributed by atoms with van der Waals surface area (Å²) in [7, 11) is 0. The maximum absolute atomic E-state index is 10.7. The summed E-state index contributed by atoms with van der Waals surface area (Å²) in [4.78, 5) is 20.9. The number of nitrogens with zero attached hydrogens (tertiary/aromatic N) is 3. The molecule has 2 aromatic heterocycles. The molecule has 0 aliphatic rings. The summed E-state index contributed by atoms with van der Waals surface area (Å²) in [5.41, 5.74) is -0.340. The highest BCUT2D eigenvalue weighted by Gasteiger charge is 1.99. The van der Waals surface area contributed by atoms with Crippen LogP contribution in [0.3, 0.4) is 0 Å². The molecule has 0 aliphatic carbocycles. The van der Waals surface area contributed by atoms with E-state index in [4.69, 9.17) is 11.6 Å². The molecule has 0 atom stereocenters. The normalized spacial score (nSPS) is 10.2. The zero-order valence-corrected chi connectivity index (χ0v) is 8.25. The lowest BCUT2D eigenvalue weighted by Gasteiger charge is -2.01. The average molecular weight is 227 g/mol. The van der Waals surface area contributed by atoms with Gasteiger partial charge in [-0.15, -0.1) is 0 Å². The third kappa shape index (κ3) is 2.53. The van der Waals surface area contributed by atoms with Crippen LogP contribution in [0.2, 0.25) is 5.15 Å². The predicted octanol–water partition coefficient (Wildman–Crippen LogP) is 0.153. The van der Waals surface area contributed by atoms with Crippen molar-refractivity contribution in [1.29, 1.82) is 0 Å². The average Bonchev–Trinajstić information content (AvgIpc) is 2.62. The third-order valence-electron chi connectivity index (χ3n) is 1.62. The summed E-state index contributed by atoms with van der Waals surface area (Å²) in [5, 5.41) is 9.25. The fourth-order valence-electron chi connectivity index (χ4n) is 0.993. The van der Waals surface area contributed by atoms with Crippen LogP contribution in [0.5, 0.6) is 0 Å². The van der Waals surface area contributed by atoms with Crippen molar-refractivity contribution in [3.8, 4) is 0 Å². The summed E-state index contributed by atoms with van der Waals surface area (Å²) < 4.78 is 0. The number of halogens is 1. The molecule has 2 rings (SSSR count). The Morgan fingerprint density at radius 3 is 3.00 bits per heavy atom. The minimum atomic E-state index is -0.340. The van der Waals surface area contributed by atoms with Crippen LogP contribution in [-0.2, 0) is 6.54 Å². The van der Waals surface area contributed by atoms with Gasteiger partial charge in [0.15, 0.2) is 0 Å². The Kier molecular flexibility index (Phi) is 2.64. The Hall–Kier alpha value is -1.89. The van der Waals surface area contributed by atoms with Crippen LogP contribution in [0.1, 0.15) is 5.82 Å². The molecule has 0 fully saturated rings. The third-order valence-corrected chi connectivity index (χ3v) is 1.83. The number of nitrogens with one attached hydrogen (secondary N) is 3. The maximum Gasteiger partial charge on any atom is 0.340 e. The van der Waals surface area contributed by atoms with Gasteiger partial charge in [-0.25, -0.2) is 19.9 Å². The smallest absolute Gasteiger partial charge is 0.340 e. The molecule has 8 heteroatoms. The predicted molar refractivity (Wildman–Crippen MR) is 53.6 cm³/mol. The van der Waals surface area contributed by atoms with Crippen LogP contribution in [-0.4, -0.2) is 25.1 Å². The van der Waals surface area contributed by atoms with Gasteiger partial charge in [-0.2, -0.15) is 5.10 Å². The van der Waals surface area contributed by atoms with E-state index >= 15 is 0 Å². The molecule has 0 saturated carbocycles. The molecule has 0 amide bonds. The highest BCUT2D eigenvalue weighted by atomic mass is 35.5. The molecular weight excluding hydrogens is 220 g/mol. The molecule has 0 spiro atoms. The number of hydrogen-bond donors (Lipinski definition) is 3. The Labute approximate surface area is 88.9 Å². The lowest BCUT2D eigenvalue weighted by molar-refractivity contribution is 0.944. The number of H-pyrrole nitrogens is 2. The molecule has 3 N–H and O–H groups in total. The molecule has 78 valence electrons. The summed E-state index contributed by atoms with van der Waals surface area (Å²) in [6, 6.07) is 1.58. The van der Waals surface area contributed by atoms with Gasteiger partial charge in [0.2, 0.25) is 0 Å². The Balaban J connectivity index is 2.02. The minimum absolute atomic E-state index is 0.340. The molecule has 0 aromatic carbocycles. The first-order valence-electron chi connectivity index (χ1n) is 4.09. The van der Waals surface area contributed by atoms with E-state index < -0.39 is 0 Å². The first-order chi connectivity index (χ1) is 7.24. The second-order valence-electron chi connectivity index (χ2n) is 2.70. The van der Waals surface area contributed by atoms with Gasteiger partial charge in [-0.3, -0.25) is 4.98 Å². The lowest BCUT2D eigenvalue weighted by atomic mass is 10.5. The largest absolute Gasteiger partial charge is 0.363 e. The van der Waals surface area contributed by atoms with Crippen LogP contribution < -0.4 is 11.0 Å². The molecule has 2 heterocycles. The van der Waals surface area contributed by atoms with E-state index in [0.29, 0.717) is 23.3 Å². The SMILES string of the molecule is O=c1[nH]nc(CNc2cc(Cl)ncn2)[nH]1. The van der Waals surface area contributed by atoms with E-state index in [9.17, 15) is 4.79 Å². The molecule has 7 nitrogen and oxygen atoms in total. The zero-order chi connectivity index (χ0) is 10.7. The van der Waals surface area contributed by atoms with Crippen molar-refractivity contribution in [3.63, 3.8) is 0 Å². The van der Waals surface area contributed by atoms with Crippen molar-refractivity contribution in [1.82, 2.24) is 25.1 Å². The van der Waals surface area contributed by atoms with Crippen molar-refractivity contribution in [2.45, 2.75) is 6.54 Å². The number of hydrogen-bond acceptors (Lipinski definition) is 5. The summed E-state index contributed by atoms with van der Waals surface area (Å²) in [6.45, 7) is 0.353. The van der Waals surface area contributed by atoms with Crippen molar-refractivity contribution in [3.05, 3.63) is 33.9 Å². The van der Waals surface area contributed by atoms with Gasteiger partial charge in [0.25, 0.3) is 0 Å². The quantitative estimate of drug-likeness (QED) is 0.647. The molecule has 0 saturated heterocycles. The van der Waals surface area contributed by atoms with Gasteiger partial charge in [0, 0.05) is 6.07 Å². The molecule has 15 heavy (non-hydrogen) atoms. The Bertz CT molecular complexity index is 506. The summed E-state index contributed by atoms with van der Waals surface area (Å²) in [5.74, 6) is 1.06. The van der Waals surface area contributed by atoms with Crippen LogP contribution in [0.25, 0.3) is 0 Å². The van der Waals surface area contributed by atoms with Crippen molar-refractivity contribution >= 4 is 17.4 Å². The zero-order valence-electron chi connectivity index (χ0n) is 7.49. The second kappa shape index (κ2) is 4.09. The molecule has 0 unspecified atom stereocenters. The first-order valence-corrected chi connectivity index (χ1v) is 4.47. The number of aromatic amines is 2. The van der Waals surface area contributed by atoms with Crippen LogP contribution in [0.15, 0.2) is 17.2 Å². The van der Waals surface area contributed by atoms with Crippen molar-refractivity contribution in [2.24, 2.45) is 0 Å². The molecule has 0 radical (unpaired) electrons. The van der Waals surface area contributed by atoms with E-state index in [1.165, 1.54) is 6.33 Å². The minimum Gasteiger partial charge on any atom is -0.363 e. The molecular formula is C7H7ClN6O. The first kappa shape index (κ1) is 9.66. The van der Waals surface area contributed by atoms with Gasteiger partial charge in [-0.1, -0.05) is 11.6 Å². The summed E-state index contributed by atoms with van der Waals surface area (Å²) in [6.07, 6.45) is 1.35. The Morgan fingerprint density at radius 2 is 2.33 bits per heavy atom. The van der Waals surface area contributed by atoms with Crippen LogP contribution in [0.4, 0.5) is 5.82 Å². The Morgan fingerprint density at radius 1 is 1.47 bits per heavy atom. The topological polar surface area (TPSA) is 99.3 Å². The van der Waals surface area contributed by atoms with Gasteiger partial charge >= 0.3 is 5.69 Å². The van der Waals surface area contributed by atoms with E-state index in [1.54, 1.807) is 6.07 Å².